The molecule has 0 spiro atoms. The Labute approximate surface area is 206 Å². The van der Waals surface area contributed by atoms with Gasteiger partial charge in [-0.25, -0.2) is 19.1 Å². The predicted molar refractivity (Wildman–Crippen MR) is 132 cm³/mol. The zero-order valence-corrected chi connectivity index (χ0v) is 20.5. The van der Waals surface area contributed by atoms with Crippen LogP contribution in [0.15, 0.2) is 57.0 Å². The molecule has 2 aromatic carbocycles. The number of nitrogens with zero attached hydrogens (tertiary/aromatic N) is 3. The van der Waals surface area contributed by atoms with Crippen LogP contribution in [0.2, 0.25) is 5.02 Å². The SMILES string of the molecule is COc1cc(/N=c2\[nH]c(=O)n(CC(CO)CO)c(=O)n2Cc2ccc(Cl)cc2)ccc1OC(C)C. The average Bonchev–Trinajstić information content (AvgIpc) is 2.83. The van der Waals surface area contributed by atoms with Crippen LogP contribution in [0.25, 0.3) is 0 Å². The van der Waals surface area contributed by atoms with Crippen molar-refractivity contribution in [2.45, 2.75) is 33.0 Å². The van der Waals surface area contributed by atoms with Crippen molar-refractivity contribution in [3.63, 3.8) is 0 Å². The van der Waals surface area contributed by atoms with Crippen molar-refractivity contribution in [3.8, 4) is 11.5 Å². The lowest BCUT2D eigenvalue weighted by Gasteiger charge is -2.15. The molecule has 0 saturated carbocycles. The number of aromatic nitrogens is 3. The second kappa shape index (κ2) is 11.9. The van der Waals surface area contributed by atoms with Gasteiger partial charge in [-0.3, -0.25) is 9.55 Å². The second-order valence-corrected chi connectivity index (χ2v) is 8.64. The van der Waals surface area contributed by atoms with Gasteiger partial charge in [-0.2, -0.15) is 0 Å². The van der Waals surface area contributed by atoms with Crippen LogP contribution in [0.4, 0.5) is 5.69 Å². The molecule has 0 atom stereocenters. The first-order valence-electron chi connectivity index (χ1n) is 11.0. The topological polar surface area (TPSA) is 131 Å². The van der Waals surface area contributed by atoms with Crippen LogP contribution >= 0.6 is 11.6 Å². The van der Waals surface area contributed by atoms with Crippen LogP contribution < -0.4 is 26.5 Å². The molecule has 3 aromatic rings. The lowest BCUT2D eigenvalue weighted by atomic mass is 10.2. The molecule has 0 amide bonds. The van der Waals surface area contributed by atoms with E-state index in [9.17, 15) is 19.8 Å². The number of aliphatic hydroxyl groups excluding tert-OH is 2. The van der Waals surface area contributed by atoms with Crippen LogP contribution in [0.1, 0.15) is 19.4 Å². The number of methoxy groups -OCH3 is 1. The average molecular weight is 505 g/mol. The Kier molecular flexibility index (Phi) is 8.91. The highest BCUT2D eigenvalue weighted by Gasteiger charge is 2.15. The summed E-state index contributed by atoms with van der Waals surface area (Å²) in [6.45, 7) is 2.98. The summed E-state index contributed by atoms with van der Waals surface area (Å²) in [5, 5.41) is 19.4. The summed E-state index contributed by atoms with van der Waals surface area (Å²) in [5.41, 5.74) is -0.138. The second-order valence-electron chi connectivity index (χ2n) is 8.20. The Morgan fingerprint density at radius 1 is 1.03 bits per heavy atom. The maximum atomic E-state index is 13.3. The summed E-state index contributed by atoms with van der Waals surface area (Å²) in [6, 6.07) is 12.0. The minimum atomic E-state index is -0.709. The molecule has 1 aromatic heterocycles. The number of rotatable bonds is 10. The zero-order valence-electron chi connectivity index (χ0n) is 19.8. The van der Waals surface area contributed by atoms with Gasteiger partial charge in [0.2, 0.25) is 5.62 Å². The number of aromatic amines is 1. The molecular weight excluding hydrogens is 476 g/mol. The van der Waals surface area contributed by atoms with E-state index in [0.29, 0.717) is 22.2 Å². The highest BCUT2D eigenvalue weighted by Crippen LogP contribution is 2.31. The molecule has 11 heteroatoms. The largest absolute Gasteiger partial charge is 0.493 e. The Morgan fingerprint density at radius 2 is 1.71 bits per heavy atom. The molecule has 3 rings (SSSR count). The maximum absolute atomic E-state index is 13.3. The van der Waals surface area contributed by atoms with Crippen LogP contribution in [0, 0.1) is 5.92 Å². The summed E-state index contributed by atoms with van der Waals surface area (Å²) < 4.78 is 13.4. The predicted octanol–water partition coefficient (Wildman–Crippen LogP) is 1.67. The van der Waals surface area contributed by atoms with E-state index in [1.807, 2.05) is 13.8 Å². The fourth-order valence-corrected chi connectivity index (χ4v) is 3.47. The Hall–Kier alpha value is -3.34. The highest BCUT2D eigenvalue weighted by molar-refractivity contribution is 6.30. The van der Waals surface area contributed by atoms with E-state index in [-0.39, 0.29) is 38.0 Å². The van der Waals surface area contributed by atoms with E-state index >= 15 is 0 Å². The third kappa shape index (κ3) is 6.62. The Balaban J connectivity index is 2.17. The molecule has 1 heterocycles. The minimum Gasteiger partial charge on any atom is -0.493 e. The lowest BCUT2D eigenvalue weighted by molar-refractivity contribution is 0.134. The highest BCUT2D eigenvalue weighted by atomic mass is 35.5. The van der Waals surface area contributed by atoms with Gasteiger partial charge in [0.25, 0.3) is 0 Å². The third-order valence-corrected chi connectivity index (χ3v) is 5.39. The smallest absolute Gasteiger partial charge is 0.335 e. The molecule has 0 unspecified atom stereocenters. The van der Waals surface area contributed by atoms with Crippen molar-refractivity contribution in [1.29, 1.82) is 0 Å². The van der Waals surface area contributed by atoms with Crippen LogP contribution in [-0.2, 0) is 13.1 Å². The number of aliphatic hydroxyl groups is 2. The van der Waals surface area contributed by atoms with Gasteiger partial charge in [0.1, 0.15) is 0 Å². The fraction of sp³-hybridized carbons (Fsp3) is 0.375. The van der Waals surface area contributed by atoms with Gasteiger partial charge in [0.15, 0.2) is 11.5 Å². The first kappa shape index (κ1) is 26.3. The molecule has 0 aliphatic rings. The number of nitrogens with one attached hydrogen (secondary N) is 1. The van der Waals surface area contributed by atoms with Crippen LogP contribution in [-0.4, -0.2) is 50.8 Å². The third-order valence-electron chi connectivity index (χ3n) is 5.14. The molecule has 0 aliphatic heterocycles. The normalized spacial score (nSPS) is 11.9. The lowest BCUT2D eigenvalue weighted by Crippen LogP contribution is -2.51. The number of hydrogen-bond acceptors (Lipinski definition) is 7. The van der Waals surface area contributed by atoms with Gasteiger partial charge >= 0.3 is 11.4 Å². The van der Waals surface area contributed by atoms with E-state index in [1.54, 1.807) is 42.5 Å². The van der Waals surface area contributed by atoms with E-state index in [4.69, 9.17) is 21.1 Å². The Bertz CT molecular complexity index is 1320. The maximum Gasteiger partial charge on any atom is 0.335 e. The summed E-state index contributed by atoms with van der Waals surface area (Å²) in [4.78, 5) is 33.3. The minimum absolute atomic E-state index is 0.0235. The van der Waals surface area contributed by atoms with Crippen molar-refractivity contribution >= 4 is 17.3 Å². The summed E-state index contributed by atoms with van der Waals surface area (Å²) in [5.74, 6) is 0.324. The molecule has 0 radical (unpaired) electrons. The summed E-state index contributed by atoms with van der Waals surface area (Å²) in [7, 11) is 1.51. The number of hydrogen-bond donors (Lipinski definition) is 3. The number of ether oxygens (including phenoxy) is 2. The number of H-pyrrole nitrogens is 1. The van der Waals surface area contributed by atoms with Crippen molar-refractivity contribution < 1.29 is 19.7 Å². The molecule has 0 saturated heterocycles. The monoisotopic (exact) mass is 504 g/mol. The van der Waals surface area contributed by atoms with Crippen molar-refractivity contribution in [3.05, 3.63) is 79.6 Å². The molecule has 188 valence electrons. The van der Waals surface area contributed by atoms with Gasteiger partial charge < -0.3 is 19.7 Å². The number of benzene rings is 2. The van der Waals surface area contributed by atoms with Crippen molar-refractivity contribution in [1.82, 2.24) is 14.1 Å². The first-order chi connectivity index (χ1) is 16.7. The molecular formula is C24H29ClN4O6. The summed E-state index contributed by atoms with van der Waals surface area (Å²) >= 11 is 5.98. The molecule has 0 fully saturated rings. The number of halogens is 1. The van der Waals surface area contributed by atoms with Crippen molar-refractivity contribution in [2.75, 3.05) is 20.3 Å². The fourth-order valence-electron chi connectivity index (χ4n) is 3.35. The standard InChI is InChI=1S/C24H29ClN4O6/c1-15(2)35-20-9-8-19(10-21(20)34-3)26-22-27-23(32)29(12-17(13-30)14-31)24(33)28(22)11-16-4-6-18(25)7-5-16/h4-10,15,17,30-31H,11-14H2,1-3H3,(H,26,27,32). The van der Waals surface area contributed by atoms with E-state index in [1.165, 1.54) is 11.7 Å². The molecule has 0 aliphatic carbocycles. The molecule has 0 bridgehead atoms. The zero-order chi connectivity index (χ0) is 25.5. The van der Waals surface area contributed by atoms with E-state index in [0.717, 1.165) is 10.1 Å². The molecule has 35 heavy (non-hydrogen) atoms. The van der Waals surface area contributed by atoms with Gasteiger partial charge in [0, 0.05) is 36.8 Å². The van der Waals surface area contributed by atoms with E-state index < -0.39 is 17.3 Å². The van der Waals surface area contributed by atoms with Crippen LogP contribution in [0.5, 0.6) is 11.5 Å². The molecule has 10 nitrogen and oxygen atoms in total. The van der Waals surface area contributed by atoms with Gasteiger partial charge in [0.05, 0.1) is 25.4 Å². The van der Waals surface area contributed by atoms with Gasteiger partial charge in [-0.05, 0) is 43.7 Å². The quantitative estimate of drug-likeness (QED) is 0.385. The first-order valence-corrected chi connectivity index (χ1v) is 11.4. The van der Waals surface area contributed by atoms with Crippen molar-refractivity contribution in [2.24, 2.45) is 10.9 Å². The Morgan fingerprint density at radius 3 is 2.31 bits per heavy atom. The summed E-state index contributed by atoms with van der Waals surface area (Å²) in [6.07, 6.45) is -0.0566. The molecule has 3 N–H and O–H groups in total. The van der Waals surface area contributed by atoms with Gasteiger partial charge in [-0.15, -0.1) is 0 Å². The van der Waals surface area contributed by atoms with Crippen LogP contribution in [0.3, 0.4) is 0 Å². The van der Waals surface area contributed by atoms with E-state index in [2.05, 4.69) is 9.98 Å². The van der Waals surface area contributed by atoms with Gasteiger partial charge in [-0.1, -0.05) is 23.7 Å².